The van der Waals surface area contributed by atoms with E-state index in [1.165, 1.54) is 12.3 Å². The lowest BCUT2D eigenvalue weighted by molar-refractivity contribution is 0.0953. The number of carbonyl (C=O) groups is 1. The molecule has 0 aliphatic heterocycles. The first-order valence-electron chi connectivity index (χ1n) is 8.53. The highest BCUT2D eigenvalue weighted by Gasteiger charge is 2.09. The summed E-state index contributed by atoms with van der Waals surface area (Å²) < 4.78 is 13.6. The minimum atomic E-state index is -0.267. The first-order chi connectivity index (χ1) is 13.0. The summed E-state index contributed by atoms with van der Waals surface area (Å²) in [7, 11) is 0. The van der Waals surface area contributed by atoms with Crippen LogP contribution in [0.3, 0.4) is 0 Å². The van der Waals surface area contributed by atoms with E-state index in [4.69, 9.17) is 11.6 Å². The molecule has 1 heterocycles. The van der Waals surface area contributed by atoms with E-state index in [1.807, 2.05) is 25.1 Å². The van der Waals surface area contributed by atoms with Crippen LogP contribution in [0.2, 0.25) is 5.02 Å². The summed E-state index contributed by atoms with van der Waals surface area (Å²) in [5, 5.41) is 6.67. The van der Waals surface area contributed by atoms with Gasteiger partial charge in [-0.05, 0) is 48.7 Å². The molecule has 3 rings (SSSR count). The molecule has 3 aromatic rings. The number of nitrogens with zero attached hydrogens (tertiary/aromatic N) is 1. The maximum Gasteiger partial charge on any atom is 0.252 e. The van der Waals surface area contributed by atoms with Crippen molar-refractivity contribution >= 4 is 28.9 Å². The molecule has 0 radical (unpaired) electrons. The highest BCUT2D eigenvalue weighted by atomic mass is 35.5. The summed E-state index contributed by atoms with van der Waals surface area (Å²) in [6.07, 6.45) is 3.55. The highest BCUT2D eigenvalue weighted by Crippen LogP contribution is 2.26. The van der Waals surface area contributed by atoms with E-state index in [0.717, 1.165) is 11.3 Å². The van der Waals surface area contributed by atoms with Crippen LogP contribution in [0.4, 0.5) is 15.8 Å². The quantitative estimate of drug-likeness (QED) is 0.636. The minimum Gasteiger partial charge on any atom is -0.354 e. The predicted molar refractivity (Wildman–Crippen MR) is 106 cm³/mol. The lowest BCUT2D eigenvalue weighted by Gasteiger charge is -2.11. The standard InChI is InChI=1S/C21H19ClFN3O/c1-14-18(22)6-4-8-20(14)26-17-11-16(12-24-13-17)21(27)25-10-9-15-5-2-3-7-19(15)23/h2-8,11-13,26H,9-10H2,1H3,(H,25,27). The zero-order chi connectivity index (χ0) is 19.2. The molecule has 0 unspecified atom stereocenters. The number of benzene rings is 2. The second-order valence-corrected chi connectivity index (χ2v) is 6.50. The van der Waals surface area contributed by atoms with Gasteiger partial charge in [-0.25, -0.2) is 4.39 Å². The predicted octanol–water partition coefficient (Wildman–Crippen LogP) is 4.90. The second kappa shape index (κ2) is 8.64. The normalized spacial score (nSPS) is 10.5. The Hall–Kier alpha value is -2.92. The molecule has 0 aliphatic carbocycles. The minimum absolute atomic E-state index is 0.259. The van der Waals surface area contributed by atoms with Crippen molar-refractivity contribution in [1.82, 2.24) is 10.3 Å². The summed E-state index contributed by atoms with van der Waals surface area (Å²) >= 11 is 6.13. The Labute approximate surface area is 162 Å². The van der Waals surface area contributed by atoms with Crippen LogP contribution in [0.5, 0.6) is 0 Å². The molecule has 0 saturated heterocycles. The van der Waals surface area contributed by atoms with Gasteiger partial charge in [0.2, 0.25) is 0 Å². The van der Waals surface area contributed by atoms with Gasteiger partial charge in [-0.15, -0.1) is 0 Å². The summed E-state index contributed by atoms with van der Waals surface area (Å²) in [6.45, 7) is 2.25. The summed E-state index contributed by atoms with van der Waals surface area (Å²) in [5.41, 5.74) is 3.44. The number of halogens is 2. The van der Waals surface area contributed by atoms with Crippen molar-refractivity contribution in [2.45, 2.75) is 13.3 Å². The number of rotatable bonds is 6. The van der Waals surface area contributed by atoms with Gasteiger partial charge < -0.3 is 10.6 Å². The number of anilines is 2. The van der Waals surface area contributed by atoms with Gasteiger partial charge in [0.1, 0.15) is 5.82 Å². The van der Waals surface area contributed by atoms with Crippen molar-refractivity contribution < 1.29 is 9.18 Å². The van der Waals surface area contributed by atoms with Gasteiger partial charge in [-0.1, -0.05) is 35.9 Å². The topological polar surface area (TPSA) is 54.0 Å². The molecule has 0 saturated carbocycles. The van der Waals surface area contributed by atoms with Crippen LogP contribution in [-0.2, 0) is 6.42 Å². The molecule has 2 N–H and O–H groups in total. The van der Waals surface area contributed by atoms with E-state index in [9.17, 15) is 9.18 Å². The third kappa shape index (κ3) is 4.83. The van der Waals surface area contributed by atoms with Gasteiger partial charge in [0.15, 0.2) is 0 Å². The Bertz CT molecular complexity index is 962. The van der Waals surface area contributed by atoms with Gasteiger partial charge in [-0.3, -0.25) is 9.78 Å². The number of amides is 1. The van der Waals surface area contributed by atoms with Crippen molar-refractivity contribution in [3.05, 3.63) is 88.5 Å². The van der Waals surface area contributed by atoms with E-state index in [1.54, 1.807) is 30.5 Å². The summed E-state index contributed by atoms with van der Waals surface area (Å²) in [5.74, 6) is -0.526. The summed E-state index contributed by atoms with van der Waals surface area (Å²) in [6, 6.07) is 13.8. The monoisotopic (exact) mass is 383 g/mol. The largest absolute Gasteiger partial charge is 0.354 e. The molecule has 1 aromatic heterocycles. The van der Waals surface area contributed by atoms with Crippen LogP contribution in [0.1, 0.15) is 21.5 Å². The number of hydrogen-bond acceptors (Lipinski definition) is 3. The molecule has 0 bridgehead atoms. The number of nitrogens with one attached hydrogen (secondary N) is 2. The van der Waals surface area contributed by atoms with Crippen LogP contribution in [0.25, 0.3) is 0 Å². The Balaban J connectivity index is 1.63. The van der Waals surface area contributed by atoms with E-state index >= 15 is 0 Å². The lowest BCUT2D eigenvalue weighted by atomic mass is 10.1. The number of hydrogen-bond donors (Lipinski definition) is 2. The van der Waals surface area contributed by atoms with Crippen LogP contribution in [0, 0.1) is 12.7 Å². The molecule has 0 atom stereocenters. The molecular formula is C21H19ClFN3O. The van der Waals surface area contributed by atoms with Gasteiger partial charge in [0.25, 0.3) is 5.91 Å². The summed E-state index contributed by atoms with van der Waals surface area (Å²) in [4.78, 5) is 16.5. The smallest absolute Gasteiger partial charge is 0.252 e. The van der Waals surface area contributed by atoms with Crippen molar-refractivity contribution in [2.24, 2.45) is 0 Å². The zero-order valence-corrected chi connectivity index (χ0v) is 15.6. The lowest BCUT2D eigenvalue weighted by Crippen LogP contribution is -2.26. The third-order valence-corrected chi connectivity index (χ3v) is 4.59. The van der Waals surface area contributed by atoms with E-state index < -0.39 is 0 Å². The number of aromatic nitrogens is 1. The Morgan fingerprint density at radius 2 is 1.96 bits per heavy atom. The first-order valence-corrected chi connectivity index (χ1v) is 8.91. The maximum absolute atomic E-state index is 13.6. The molecular weight excluding hydrogens is 365 g/mol. The fourth-order valence-electron chi connectivity index (χ4n) is 2.64. The molecule has 0 fully saturated rings. The van der Waals surface area contributed by atoms with Crippen molar-refractivity contribution in [3.63, 3.8) is 0 Å². The molecule has 138 valence electrons. The van der Waals surface area contributed by atoms with Crippen LogP contribution < -0.4 is 10.6 Å². The van der Waals surface area contributed by atoms with E-state index in [2.05, 4.69) is 15.6 Å². The Morgan fingerprint density at radius 3 is 2.78 bits per heavy atom. The van der Waals surface area contributed by atoms with Gasteiger partial charge in [-0.2, -0.15) is 0 Å². The molecule has 6 heteroatoms. The van der Waals surface area contributed by atoms with Crippen LogP contribution in [0.15, 0.2) is 60.9 Å². The van der Waals surface area contributed by atoms with E-state index in [-0.39, 0.29) is 11.7 Å². The molecule has 2 aromatic carbocycles. The van der Waals surface area contributed by atoms with Crippen LogP contribution in [-0.4, -0.2) is 17.4 Å². The van der Waals surface area contributed by atoms with Crippen molar-refractivity contribution in [3.8, 4) is 0 Å². The fraction of sp³-hybridized carbons (Fsp3) is 0.143. The van der Waals surface area contributed by atoms with E-state index in [0.29, 0.717) is 34.8 Å². The molecule has 0 aliphatic rings. The highest BCUT2D eigenvalue weighted by molar-refractivity contribution is 6.31. The van der Waals surface area contributed by atoms with Gasteiger partial charge in [0, 0.05) is 23.5 Å². The molecule has 4 nitrogen and oxygen atoms in total. The second-order valence-electron chi connectivity index (χ2n) is 6.10. The molecule has 27 heavy (non-hydrogen) atoms. The van der Waals surface area contributed by atoms with Crippen molar-refractivity contribution in [1.29, 1.82) is 0 Å². The van der Waals surface area contributed by atoms with Crippen molar-refractivity contribution in [2.75, 3.05) is 11.9 Å². The van der Waals surface area contributed by atoms with Gasteiger partial charge >= 0.3 is 0 Å². The Morgan fingerprint density at radius 1 is 1.15 bits per heavy atom. The average molecular weight is 384 g/mol. The molecule has 1 amide bonds. The fourth-order valence-corrected chi connectivity index (χ4v) is 2.82. The van der Waals surface area contributed by atoms with Gasteiger partial charge in [0.05, 0.1) is 17.4 Å². The third-order valence-electron chi connectivity index (χ3n) is 4.18. The SMILES string of the molecule is Cc1c(Cl)cccc1Nc1cncc(C(=O)NCCc2ccccc2F)c1. The maximum atomic E-state index is 13.6. The zero-order valence-electron chi connectivity index (χ0n) is 14.8. The molecule has 0 spiro atoms. The number of pyridine rings is 1. The number of carbonyl (C=O) groups excluding carboxylic acids is 1. The first kappa shape index (κ1) is 18.9. The van der Waals surface area contributed by atoms with Crippen LogP contribution >= 0.6 is 11.6 Å². The average Bonchev–Trinajstić information content (AvgIpc) is 2.67. The Kier molecular flexibility index (Phi) is 6.04.